The number of anilines is 1. The number of nitrogens with one attached hydrogen (secondary N) is 1. The lowest BCUT2D eigenvalue weighted by Crippen LogP contribution is -2.34. The Bertz CT molecular complexity index is 1080. The van der Waals surface area contributed by atoms with Crippen molar-refractivity contribution < 1.29 is 14.0 Å². The van der Waals surface area contributed by atoms with E-state index >= 15 is 0 Å². The first kappa shape index (κ1) is 19.4. The molecule has 4 rings (SSSR count). The molecule has 4 nitrogen and oxygen atoms in total. The Morgan fingerprint density at radius 3 is 2.34 bits per heavy atom. The van der Waals surface area contributed by atoms with Crippen molar-refractivity contribution in [3.8, 4) is 0 Å². The van der Waals surface area contributed by atoms with Crippen molar-refractivity contribution in [3.63, 3.8) is 0 Å². The monoisotopic (exact) mass is 426 g/mol. The van der Waals surface area contributed by atoms with Gasteiger partial charge >= 0.3 is 0 Å². The molecule has 3 aromatic rings. The van der Waals surface area contributed by atoms with Gasteiger partial charge in [-0.15, -0.1) is 11.3 Å². The van der Waals surface area contributed by atoms with Crippen LogP contribution in [0, 0.1) is 5.82 Å². The van der Waals surface area contributed by atoms with Gasteiger partial charge < -0.3 is 5.32 Å². The Labute approximate surface area is 176 Å². The summed E-state index contributed by atoms with van der Waals surface area (Å²) in [7, 11) is 0. The topological polar surface area (TPSA) is 49.4 Å². The molecule has 146 valence electrons. The standard InChI is InChI=1S/C22H16ClFN2O2S/c23-15-5-3-14(4-6-15)11-12-26-21(27)19(18-2-1-13-29-18)20(22(26)28)25-17-9-7-16(24)8-10-17/h1-10,13,25H,11-12H2. The molecule has 0 unspecified atom stereocenters. The third-order valence-corrected chi connectivity index (χ3v) is 5.73. The van der Waals surface area contributed by atoms with Gasteiger partial charge in [0.1, 0.15) is 11.5 Å². The first-order chi connectivity index (χ1) is 14.0. The molecule has 0 fully saturated rings. The molecule has 0 radical (unpaired) electrons. The van der Waals surface area contributed by atoms with Crippen LogP contribution in [0.5, 0.6) is 0 Å². The van der Waals surface area contributed by atoms with Gasteiger partial charge in [0.15, 0.2) is 0 Å². The van der Waals surface area contributed by atoms with Crippen LogP contribution in [-0.2, 0) is 16.0 Å². The van der Waals surface area contributed by atoms with E-state index in [-0.39, 0.29) is 24.0 Å². The maximum atomic E-state index is 13.2. The third-order valence-electron chi connectivity index (χ3n) is 4.59. The highest BCUT2D eigenvalue weighted by molar-refractivity contribution is 7.11. The van der Waals surface area contributed by atoms with Gasteiger partial charge in [-0.05, 0) is 59.8 Å². The Kier molecular flexibility index (Phi) is 5.47. The average Bonchev–Trinajstić information content (AvgIpc) is 3.31. The van der Waals surface area contributed by atoms with Gasteiger partial charge in [0.2, 0.25) is 0 Å². The second-order valence-corrected chi connectivity index (χ2v) is 7.88. The molecule has 1 N–H and O–H groups in total. The van der Waals surface area contributed by atoms with Gasteiger partial charge in [0.25, 0.3) is 11.8 Å². The fraction of sp³-hybridized carbons (Fsp3) is 0.0909. The minimum Gasteiger partial charge on any atom is -0.350 e. The number of nitrogens with zero attached hydrogens (tertiary/aromatic N) is 1. The molecule has 2 aromatic carbocycles. The van der Waals surface area contributed by atoms with Gasteiger partial charge in [-0.3, -0.25) is 14.5 Å². The average molecular weight is 427 g/mol. The molecule has 29 heavy (non-hydrogen) atoms. The van der Waals surface area contributed by atoms with Gasteiger partial charge in [-0.2, -0.15) is 0 Å². The molecule has 7 heteroatoms. The quantitative estimate of drug-likeness (QED) is 0.566. The second kappa shape index (κ2) is 8.19. The Balaban J connectivity index is 1.60. The fourth-order valence-corrected chi connectivity index (χ4v) is 4.01. The summed E-state index contributed by atoms with van der Waals surface area (Å²) < 4.78 is 13.2. The van der Waals surface area contributed by atoms with Gasteiger partial charge in [0.05, 0.1) is 5.57 Å². The Morgan fingerprint density at radius 1 is 0.966 bits per heavy atom. The fourth-order valence-electron chi connectivity index (χ4n) is 3.11. The first-order valence-electron chi connectivity index (χ1n) is 8.94. The highest BCUT2D eigenvalue weighted by Crippen LogP contribution is 2.33. The van der Waals surface area contributed by atoms with Crippen LogP contribution in [0.25, 0.3) is 5.57 Å². The van der Waals surface area contributed by atoms with Crippen LogP contribution in [0.15, 0.2) is 71.7 Å². The predicted octanol–water partition coefficient (Wildman–Crippen LogP) is 4.98. The first-order valence-corrected chi connectivity index (χ1v) is 10.2. The van der Waals surface area contributed by atoms with Crippen molar-refractivity contribution in [1.82, 2.24) is 4.90 Å². The molecular formula is C22H16ClFN2O2S. The molecule has 0 saturated carbocycles. The summed E-state index contributed by atoms with van der Waals surface area (Å²) in [5.41, 5.74) is 2.06. The maximum Gasteiger partial charge on any atom is 0.278 e. The molecule has 0 spiro atoms. The van der Waals surface area contributed by atoms with Crippen molar-refractivity contribution >= 4 is 46.0 Å². The van der Waals surface area contributed by atoms with Gasteiger partial charge in [-0.1, -0.05) is 29.8 Å². The maximum absolute atomic E-state index is 13.2. The summed E-state index contributed by atoms with van der Waals surface area (Å²) in [6.45, 7) is 0.253. The van der Waals surface area contributed by atoms with Crippen LogP contribution < -0.4 is 5.32 Å². The minimum atomic E-state index is -0.392. The predicted molar refractivity (Wildman–Crippen MR) is 113 cm³/mol. The number of amides is 2. The minimum absolute atomic E-state index is 0.208. The molecule has 2 amide bonds. The van der Waals surface area contributed by atoms with E-state index in [2.05, 4.69) is 5.32 Å². The van der Waals surface area contributed by atoms with E-state index in [1.165, 1.54) is 40.5 Å². The zero-order chi connectivity index (χ0) is 20.4. The number of benzene rings is 2. The lowest BCUT2D eigenvalue weighted by atomic mass is 10.1. The van der Waals surface area contributed by atoms with E-state index in [0.717, 1.165) is 5.56 Å². The summed E-state index contributed by atoms with van der Waals surface area (Å²) in [5, 5.41) is 5.50. The van der Waals surface area contributed by atoms with Crippen LogP contribution in [0.1, 0.15) is 10.4 Å². The SMILES string of the molecule is O=C1C(Nc2ccc(F)cc2)=C(c2cccs2)C(=O)N1CCc1ccc(Cl)cc1. The van der Waals surface area contributed by atoms with Crippen LogP contribution in [0.3, 0.4) is 0 Å². The van der Waals surface area contributed by atoms with Crippen LogP contribution >= 0.6 is 22.9 Å². The van der Waals surface area contributed by atoms with E-state index in [0.29, 0.717) is 27.6 Å². The third kappa shape index (κ3) is 4.09. The number of halogens is 2. The molecule has 0 aliphatic carbocycles. The second-order valence-electron chi connectivity index (χ2n) is 6.50. The number of thiophene rings is 1. The normalized spacial score (nSPS) is 14.1. The van der Waals surface area contributed by atoms with Gasteiger partial charge in [0, 0.05) is 22.1 Å². The van der Waals surface area contributed by atoms with Crippen LogP contribution in [0.4, 0.5) is 10.1 Å². The Hall–Kier alpha value is -2.96. The lowest BCUT2D eigenvalue weighted by molar-refractivity contribution is -0.136. The van der Waals surface area contributed by atoms with Gasteiger partial charge in [-0.25, -0.2) is 4.39 Å². The van der Waals surface area contributed by atoms with E-state index < -0.39 is 5.91 Å². The van der Waals surface area contributed by atoms with Crippen molar-refractivity contribution in [2.24, 2.45) is 0 Å². The summed E-state index contributed by atoms with van der Waals surface area (Å²) >= 11 is 7.30. The number of hydrogen-bond donors (Lipinski definition) is 1. The van der Waals surface area contributed by atoms with Crippen molar-refractivity contribution in [3.05, 3.63) is 93.0 Å². The molecule has 1 aliphatic heterocycles. The molecule has 0 saturated heterocycles. The summed E-state index contributed by atoms with van der Waals surface area (Å²) in [5.74, 6) is -1.10. The molecule has 0 atom stereocenters. The van der Waals surface area contributed by atoms with Crippen molar-refractivity contribution in [2.75, 3.05) is 11.9 Å². The number of carbonyl (C=O) groups is 2. The summed E-state index contributed by atoms with van der Waals surface area (Å²) in [4.78, 5) is 28.1. The summed E-state index contributed by atoms with van der Waals surface area (Å²) in [6, 6.07) is 16.6. The molecule has 2 heterocycles. The molecule has 1 aromatic heterocycles. The number of hydrogen-bond acceptors (Lipinski definition) is 4. The number of imide groups is 1. The van der Waals surface area contributed by atoms with Crippen LogP contribution in [-0.4, -0.2) is 23.3 Å². The van der Waals surface area contributed by atoms with Crippen molar-refractivity contribution in [2.45, 2.75) is 6.42 Å². The Morgan fingerprint density at radius 2 is 1.69 bits per heavy atom. The highest BCUT2D eigenvalue weighted by atomic mass is 35.5. The smallest absolute Gasteiger partial charge is 0.278 e. The highest BCUT2D eigenvalue weighted by Gasteiger charge is 2.39. The van der Waals surface area contributed by atoms with Crippen LogP contribution in [0.2, 0.25) is 5.02 Å². The summed E-state index contributed by atoms with van der Waals surface area (Å²) in [6.07, 6.45) is 0.524. The lowest BCUT2D eigenvalue weighted by Gasteiger charge is -2.15. The zero-order valence-electron chi connectivity index (χ0n) is 15.2. The van der Waals surface area contributed by atoms with E-state index in [4.69, 9.17) is 11.6 Å². The van der Waals surface area contributed by atoms with E-state index in [9.17, 15) is 14.0 Å². The largest absolute Gasteiger partial charge is 0.350 e. The van der Waals surface area contributed by atoms with E-state index in [1.54, 1.807) is 18.2 Å². The number of rotatable bonds is 6. The zero-order valence-corrected chi connectivity index (χ0v) is 16.8. The van der Waals surface area contributed by atoms with Crippen molar-refractivity contribution in [1.29, 1.82) is 0 Å². The molecule has 1 aliphatic rings. The molecular weight excluding hydrogens is 411 g/mol. The number of carbonyl (C=O) groups excluding carboxylic acids is 2. The molecule has 0 bridgehead atoms. The van der Waals surface area contributed by atoms with E-state index in [1.807, 2.05) is 23.6 Å².